The lowest BCUT2D eigenvalue weighted by molar-refractivity contribution is 0.761. The Balaban J connectivity index is 2.06. The van der Waals surface area contributed by atoms with Gasteiger partial charge in [0, 0.05) is 24.2 Å². The van der Waals surface area contributed by atoms with Crippen LogP contribution in [0, 0.1) is 0 Å². The van der Waals surface area contributed by atoms with Crippen molar-refractivity contribution in [2.45, 2.75) is 13.0 Å². The lowest BCUT2D eigenvalue weighted by Crippen LogP contribution is -2.05. The summed E-state index contributed by atoms with van der Waals surface area (Å²) in [6.07, 6.45) is 1.91. The first kappa shape index (κ1) is 10.5. The molecule has 0 saturated heterocycles. The number of hydrogen-bond donors (Lipinski definition) is 1. The molecule has 80 valence electrons. The van der Waals surface area contributed by atoms with Crippen molar-refractivity contribution in [2.24, 2.45) is 7.05 Å². The summed E-state index contributed by atoms with van der Waals surface area (Å²) < 4.78 is 2.59. The average Bonchev–Trinajstić information content (AvgIpc) is 2.75. The number of aromatic nitrogens is 2. The quantitative estimate of drug-likeness (QED) is 0.894. The highest BCUT2D eigenvalue weighted by molar-refractivity contribution is 7.16. The molecule has 0 aliphatic heterocycles. The molecule has 1 unspecified atom stereocenters. The predicted molar refractivity (Wildman–Crippen MR) is 64.6 cm³/mol. The number of anilines is 1. The van der Waals surface area contributed by atoms with Crippen LogP contribution in [-0.4, -0.2) is 9.78 Å². The summed E-state index contributed by atoms with van der Waals surface area (Å²) in [6.45, 7) is 2.09. The second-order valence-electron chi connectivity index (χ2n) is 3.38. The van der Waals surface area contributed by atoms with E-state index in [0.717, 1.165) is 10.2 Å². The number of hydrogen-bond acceptors (Lipinski definition) is 3. The van der Waals surface area contributed by atoms with E-state index in [1.165, 1.54) is 4.88 Å². The second kappa shape index (κ2) is 4.24. The van der Waals surface area contributed by atoms with Crippen LogP contribution in [-0.2, 0) is 7.05 Å². The third kappa shape index (κ3) is 2.52. The Labute approximate surface area is 97.7 Å². The van der Waals surface area contributed by atoms with E-state index < -0.39 is 0 Å². The fraction of sp³-hybridized carbons (Fsp3) is 0.300. The third-order valence-corrected chi connectivity index (χ3v) is 3.51. The summed E-state index contributed by atoms with van der Waals surface area (Å²) in [5, 5.41) is 7.57. The van der Waals surface area contributed by atoms with Gasteiger partial charge in [0.2, 0.25) is 0 Å². The zero-order valence-electron chi connectivity index (χ0n) is 8.57. The minimum Gasteiger partial charge on any atom is -0.361 e. The van der Waals surface area contributed by atoms with Gasteiger partial charge in [-0.25, -0.2) is 0 Å². The number of aryl methyl sites for hydroxylation is 1. The zero-order valence-corrected chi connectivity index (χ0v) is 10.1. The fourth-order valence-electron chi connectivity index (χ4n) is 1.35. The lowest BCUT2D eigenvalue weighted by atomic mass is 10.3. The van der Waals surface area contributed by atoms with Crippen LogP contribution in [0.1, 0.15) is 17.8 Å². The van der Waals surface area contributed by atoms with Gasteiger partial charge >= 0.3 is 0 Å². The predicted octanol–water partition coefficient (Wildman–Crippen LogP) is 3.31. The topological polar surface area (TPSA) is 29.9 Å². The van der Waals surface area contributed by atoms with Crippen molar-refractivity contribution in [3.05, 3.63) is 33.6 Å². The summed E-state index contributed by atoms with van der Waals surface area (Å²) in [5.41, 5.74) is 0. The Morgan fingerprint density at radius 3 is 2.80 bits per heavy atom. The van der Waals surface area contributed by atoms with Crippen molar-refractivity contribution in [1.29, 1.82) is 0 Å². The van der Waals surface area contributed by atoms with Crippen LogP contribution in [0.2, 0.25) is 4.34 Å². The van der Waals surface area contributed by atoms with Gasteiger partial charge in [-0.2, -0.15) is 5.10 Å². The molecule has 2 aromatic heterocycles. The maximum absolute atomic E-state index is 5.88. The highest BCUT2D eigenvalue weighted by Crippen LogP contribution is 2.28. The first-order valence-electron chi connectivity index (χ1n) is 4.66. The van der Waals surface area contributed by atoms with Gasteiger partial charge in [0.15, 0.2) is 0 Å². The minimum absolute atomic E-state index is 0.234. The molecule has 0 saturated carbocycles. The van der Waals surface area contributed by atoms with Gasteiger partial charge in [-0.15, -0.1) is 11.3 Å². The fourth-order valence-corrected chi connectivity index (χ4v) is 2.41. The van der Waals surface area contributed by atoms with Crippen LogP contribution in [0.4, 0.5) is 5.82 Å². The van der Waals surface area contributed by atoms with Gasteiger partial charge in [-0.1, -0.05) is 11.6 Å². The molecule has 0 aromatic carbocycles. The van der Waals surface area contributed by atoms with E-state index >= 15 is 0 Å². The molecule has 0 aliphatic carbocycles. The number of nitrogens with zero attached hydrogens (tertiary/aromatic N) is 2. The Morgan fingerprint density at radius 2 is 2.27 bits per heavy atom. The molecule has 2 aromatic rings. The monoisotopic (exact) mass is 241 g/mol. The number of thiophene rings is 1. The molecule has 0 spiro atoms. The highest BCUT2D eigenvalue weighted by Gasteiger charge is 2.08. The molecule has 0 aliphatic rings. The molecule has 0 radical (unpaired) electrons. The van der Waals surface area contributed by atoms with E-state index in [-0.39, 0.29) is 6.04 Å². The van der Waals surface area contributed by atoms with Crippen molar-refractivity contribution in [1.82, 2.24) is 9.78 Å². The molecule has 2 heterocycles. The maximum atomic E-state index is 5.88. The van der Waals surface area contributed by atoms with Crippen LogP contribution in [0.3, 0.4) is 0 Å². The van der Waals surface area contributed by atoms with Crippen molar-refractivity contribution in [3.63, 3.8) is 0 Å². The molecule has 1 atom stereocenters. The SMILES string of the molecule is CC(Nc1ccn(C)n1)c1ccc(Cl)s1. The van der Waals surface area contributed by atoms with Gasteiger partial charge < -0.3 is 5.32 Å². The molecular formula is C10H12ClN3S. The summed E-state index contributed by atoms with van der Waals surface area (Å²) in [6, 6.07) is 6.13. The number of rotatable bonds is 3. The Hall–Kier alpha value is -1.000. The molecular weight excluding hydrogens is 230 g/mol. The second-order valence-corrected chi connectivity index (χ2v) is 5.13. The Bertz CT molecular complexity index is 449. The van der Waals surface area contributed by atoms with Gasteiger partial charge in [-0.3, -0.25) is 4.68 Å². The molecule has 3 nitrogen and oxygen atoms in total. The lowest BCUT2D eigenvalue weighted by Gasteiger charge is -2.10. The van der Waals surface area contributed by atoms with E-state index in [1.807, 2.05) is 31.4 Å². The Morgan fingerprint density at radius 1 is 1.47 bits per heavy atom. The molecule has 2 rings (SSSR count). The van der Waals surface area contributed by atoms with E-state index in [1.54, 1.807) is 16.0 Å². The van der Waals surface area contributed by atoms with Gasteiger partial charge in [-0.05, 0) is 19.1 Å². The molecule has 1 N–H and O–H groups in total. The minimum atomic E-state index is 0.234. The van der Waals surface area contributed by atoms with Crippen LogP contribution in [0.5, 0.6) is 0 Å². The Kier molecular flexibility index (Phi) is 2.98. The van der Waals surface area contributed by atoms with Gasteiger partial charge in [0.1, 0.15) is 5.82 Å². The largest absolute Gasteiger partial charge is 0.361 e. The summed E-state index contributed by atoms with van der Waals surface area (Å²) in [4.78, 5) is 1.21. The van der Waals surface area contributed by atoms with Crippen molar-refractivity contribution < 1.29 is 0 Å². The van der Waals surface area contributed by atoms with Crippen LogP contribution in [0.15, 0.2) is 24.4 Å². The van der Waals surface area contributed by atoms with Gasteiger partial charge in [0.05, 0.1) is 10.4 Å². The highest BCUT2D eigenvalue weighted by atomic mass is 35.5. The first-order chi connectivity index (χ1) is 7.15. The summed E-state index contributed by atoms with van der Waals surface area (Å²) >= 11 is 7.47. The van der Waals surface area contributed by atoms with Gasteiger partial charge in [0.25, 0.3) is 0 Å². The molecule has 0 fully saturated rings. The smallest absolute Gasteiger partial charge is 0.148 e. The van der Waals surface area contributed by atoms with Crippen molar-refractivity contribution >= 4 is 28.8 Å². The average molecular weight is 242 g/mol. The van der Waals surface area contributed by atoms with Crippen molar-refractivity contribution in [2.75, 3.05) is 5.32 Å². The standard InChI is InChI=1S/C10H12ClN3S/c1-7(8-3-4-9(11)15-8)12-10-5-6-14(2)13-10/h3-7H,1-2H3,(H,12,13). The molecule has 5 heteroatoms. The molecule has 0 bridgehead atoms. The van der Waals surface area contributed by atoms with E-state index in [9.17, 15) is 0 Å². The van der Waals surface area contributed by atoms with Crippen LogP contribution >= 0.6 is 22.9 Å². The van der Waals surface area contributed by atoms with E-state index in [4.69, 9.17) is 11.6 Å². The summed E-state index contributed by atoms with van der Waals surface area (Å²) in [7, 11) is 1.90. The zero-order chi connectivity index (χ0) is 10.8. The third-order valence-electron chi connectivity index (χ3n) is 2.10. The normalized spacial score (nSPS) is 12.7. The molecule has 0 amide bonds. The van der Waals surface area contributed by atoms with Crippen LogP contribution in [0.25, 0.3) is 0 Å². The summed E-state index contributed by atoms with van der Waals surface area (Å²) in [5.74, 6) is 0.884. The van der Waals surface area contributed by atoms with Crippen LogP contribution < -0.4 is 5.32 Å². The van der Waals surface area contributed by atoms with E-state index in [2.05, 4.69) is 17.3 Å². The first-order valence-corrected chi connectivity index (χ1v) is 5.86. The number of halogens is 1. The van der Waals surface area contributed by atoms with Crippen molar-refractivity contribution in [3.8, 4) is 0 Å². The maximum Gasteiger partial charge on any atom is 0.148 e. The van der Waals surface area contributed by atoms with E-state index in [0.29, 0.717) is 0 Å². The number of nitrogens with one attached hydrogen (secondary N) is 1. The molecule has 15 heavy (non-hydrogen) atoms.